The Morgan fingerprint density at radius 2 is 2.25 bits per heavy atom. The Balaban J connectivity index is 2.24. The minimum atomic E-state index is -0.832. The van der Waals surface area contributed by atoms with Crippen molar-refractivity contribution in [3.63, 3.8) is 0 Å². The number of aryl methyl sites for hydroxylation is 1. The first-order chi connectivity index (χ1) is 7.68. The van der Waals surface area contributed by atoms with Crippen LogP contribution < -0.4 is 5.32 Å². The van der Waals surface area contributed by atoms with Gasteiger partial charge < -0.3 is 10.4 Å². The van der Waals surface area contributed by atoms with Gasteiger partial charge in [0.25, 0.3) is 0 Å². The Bertz CT molecular complexity index is 404. The van der Waals surface area contributed by atoms with Crippen LogP contribution in [0.1, 0.15) is 31.0 Å². The summed E-state index contributed by atoms with van der Waals surface area (Å²) in [7, 11) is 0. The highest BCUT2D eigenvalue weighted by molar-refractivity contribution is 5.77. The van der Waals surface area contributed by atoms with Gasteiger partial charge >= 0.3 is 5.97 Å². The highest BCUT2D eigenvalue weighted by atomic mass is 16.4. The maximum atomic E-state index is 10.8. The number of carboxylic acids is 1. The average Bonchev–Trinajstić information content (AvgIpc) is 2.29. The van der Waals surface area contributed by atoms with E-state index in [9.17, 15) is 4.79 Å². The van der Waals surface area contributed by atoms with Crippen LogP contribution in [0.2, 0.25) is 0 Å². The van der Waals surface area contributed by atoms with Gasteiger partial charge in [-0.05, 0) is 44.2 Å². The molecule has 0 saturated carbocycles. The summed E-state index contributed by atoms with van der Waals surface area (Å²) >= 11 is 0. The molecule has 0 fully saturated rings. The molecule has 0 saturated heterocycles. The zero-order valence-electron chi connectivity index (χ0n) is 9.36. The van der Waals surface area contributed by atoms with E-state index in [0.29, 0.717) is 0 Å². The Morgan fingerprint density at radius 1 is 1.50 bits per heavy atom. The van der Waals surface area contributed by atoms with Crippen molar-refractivity contribution in [2.75, 3.05) is 5.32 Å². The third kappa shape index (κ3) is 2.15. The highest BCUT2D eigenvalue weighted by Crippen LogP contribution is 2.26. The van der Waals surface area contributed by atoms with E-state index in [2.05, 4.69) is 10.3 Å². The minimum absolute atomic E-state index is 0.562. The molecule has 0 bridgehead atoms. The lowest BCUT2D eigenvalue weighted by Crippen LogP contribution is -2.26. The van der Waals surface area contributed by atoms with Gasteiger partial charge in [0.05, 0.1) is 0 Å². The van der Waals surface area contributed by atoms with Crippen molar-refractivity contribution in [1.29, 1.82) is 0 Å². The molecule has 0 aliphatic heterocycles. The number of anilines is 1. The van der Waals surface area contributed by atoms with E-state index in [0.717, 1.165) is 30.6 Å². The van der Waals surface area contributed by atoms with Crippen LogP contribution in [0.4, 0.5) is 5.69 Å². The molecule has 1 heterocycles. The first-order valence-electron chi connectivity index (χ1n) is 5.64. The maximum Gasteiger partial charge on any atom is 0.325 e. The molecular weight excluding hydrogens is 204 g/mol. The fourth-order valence-corrected chi connectivity index (χ4v) is 2.05. The molecule has 1 aromatic heterocycles. The molecule has 4 heteroatoms. The quantitative estimate of drug-likeness (QED) is 0.816. The second-order valence-electron chi connectivity index (χ2n) is 4.20. The molecule has 2 rings (SSSR count). The van der Waals surface area contributed by atoms with Crippen molar-refractivity contribution in [3.05, 3.63) is 23.5 Å². The SMILES string of the molecule is CC(Nc1ccnc2c1CCCC2)C(=O)O. The van der Waals surface area contributed by atoms with E-state index in [1.54, 1.807) is 13.1 Å². The van der Waals surface area contributed by atoms with E-state index in [1.807, 2.05) is 6.07 Å². The molecule has 0 radical (unpaired) electrons. The summed E-state index contributed by atoms with van der Waals surface area (Å²) in [5.41, 5.74) is 3.25. The molecule has 0 amide bonds. The lowest BCUT2D eigenvalue weighted by atomic mass is 9.94. The molecule has 86 valence electrons. The number of pyridine rings is 1. The molecule has 4 nitrogen and oxygen atoms in total. The Kier molecular flexibility index (Phi) is 3.08. The third-order valence-corrected chi connectivity index (χ3v) is 2.98. The molecule has 1 unspecified atom stereocenters. The predicted molar refractivity (Wildman–Crippen MR) is 61.6 cm³/mol. The Morgan fingerprint density at radius 3 is 3.00 bits per heavy atom. The largest absolute Gasteiger partial charge is 0.480 e. The first-order valence-corrected chi connectivity index (χ1v) is 5.64. The zero-order valence-corrected chi connectivity index (χ0v) is 9.36. The lowest BCUT2D eigenvalue weighted by molar-refractivity contribution is -0.137. The summed E-state index contributed by atoms with van der Waals surface area (Å²) in [6, 6.07) is 1.30. The van der Waals surface area contributed by atoms with Gasteiger partial charge in [0.15, 0.2) is 0 Å². The summed E-state index contributed by atoms with van der Waals surface area (Å²) in [5, 5.41) is 11.9. The van der Waals surface area contributed by atoms with Crippen molar-refractivity contribution in [2.45, 2.75) is 38.6 Å². The first kappa shape index (κ1) is 10.9. The van der Waals surface area contributed by atoms with Crippen LogP contribution in [0.15, 0.2) is 12.3 Å². The number of carboxylic acid groups (broad SMARTS) is 1. The molecular formula is C12H16N2O2. The fraction of sp³-hybridized carbons (Fsp3) is 0.500. The molecule has 1 aliphatic rings. The number of nitrogens with zero attached hydrogens (tertiary/aromatic N) is 1. The van der Waals surface area contributed by atoms with Crippen LogP contribution in [0, 0.1) is 0 Å². The number of hydrogen-bond donors (Lipinski definition) is 2. The fourth-order valence-electron chi connectivity index (χ4n) is 2.05. The van der Waals surface area contributed by atoms with Crippen LogP contribution in [0.25, 0.3) is 0 Å². The number of nitrogens with one attached hydrogen (secondary N) is 1. The summed E-state index contributed by atoms with van der Waals surface area (Å²) in [6.07, 6.45) is 6.10. The smallest absolute Gasteiger partial charge is 0.325 e. The van der Waals surface area contributed by atoms with Crippen molar-refractivity contribution >= 4 is 11.7 Å². The number of fused-ring (bicyclic) bond motifs is 1. The molecule has 1 aliphatic carbocycles. The van der Waals surface area contributed by atoms with Crippen LogP contribution in [0.5, 0.6) is 0 Å². The summed E-state index contributed by atoms with van der Waals surface area (Å²) in [4.78, 5) is 15.1. The number of aromatic nitrogens is 1. The van der Waals surface area contributed by atoms with Gasteiger partial charge in [0.2, 0.25) is 0 Å². The topological polar surface area (TPSA) is 62.2 Å². The minimum Gasteiger partial charge on any atom is -0.480 e. The molecule has 2 N–H and O–H groups in total. The molecule has 16 heavy (non-hydrogen) atoms. The van der Waals surface area contributed by atoms with Crippen molar-refractivity contribution in [1.82, 2.24) is 4.98 Å². The van der Waals surface area contributed by atoms with E-state index in [1.165, 1.54) is 12.0 Å². The van der Waals surface area contributed by atoms with Gasteiger partial charge in [-0.1, -0.05) is 0 Å². The molecule has 0 aromatic carbocycles. The van der Waals surface area contributed by atoms with Gasteiger partial charge in [0, 0.05) is 17.6 Å². The van der Waals surface area contributed by atoms with Gasteiger partial charge in [-0.15, -0.1) is 0 Å². The van der Waals surface area contributed by atoms with Crippen LogP contribution in [-0.4, -0.2) is 22.1 Å². The predicted octanol–water partition coefficient (Wildman–Crippen LogP) is 1.85. The zero-order chi connectivity index (χ0) is 11.5. The van der Waals surface area contributed by atoms with E-state index in [4.69, 9.17) is 5.11 Å². The summed E-state index contributed by atoms with van der Waals surface area (Å²) < 4.78 is 0. The molecule has 0 spiro atoms. The lowest BCUT2D eigenvalue weighted by Gasteiger charge is -2.20. The summed E-state index contributed by atoms with van der Waals surface area (Å²) in [6.45, 7) is 1.65. The third-order valence-electron chi connectivity index (χ3n) is 2.98. The van der Waals surface area contributed by atoms with E-state index < -0.39 is 12.0 Å². The van der Waals surface area contributed by atoms with Crippen molar-refractivity contribution in [2.24, 2.45) is 0 Å². The maximum absolute atomic E-state index is 10.8. The standard InChI is InChI=1S/C12H16N2O2/c1-8(12(15)16)14-11-6-7-13-10-5-3-2-4-9(10)11/h6-8H,2-5H2,1H3,(H,13,14)(H,15,16). The van der Waals surface area contributed by atoms with Gasteiger partial charge in [0.1, 0.15) is 6.04 Å². The Labute approximate surface area is 94.7 Å². The Hall–Kier alpha value is -1.58. The van der Waals surface area contributed by atoms with E-state index >= 15 is 0 Å². The van der Waals surface area contributed by atoms with E-state index in [-0.39, 0.29) is 0 Å². The molecule has 1 atom stereocenters. The second-order valence-corrected chi connectivity index (χ2v) is 4.20. The number of hydrogen-bond acceptors (Lipinski definition) is 3. The van der Waals surface area contributed by atoms with Crippen molar-refractivity contribution in [3.8, 4) is 0 Å². The highest BCUT2D eigenvalue weighted by Gasteiger charge is 2.17. The van der Waals surface area contributed by atoms with Gasteiger partial charge in [-0.25, -0.2) is 0 Å². The van der Waals surface area contributed by atoms with Gasteiger partial charge in [-0.2, -0.15) is 0 Å². The number of rotatable bonds is 3. The normalized spacial score (nSPS) is 16.3. The van der Waals surface area contributed by atoms with Crippen LogP contribution >= 0.6 is 0 Å². The van der Waals surface area contributed by atoms with Crippen molar-refractivity contribution < 1.29 is 9.90 Å². The average molecular weight is 220 g/mol. The van der Waals surface area contributed by atoms with Crippen LogP contribution in [0.3, 0.4) is 0 Å². The number of aliphatic carboxylic acids is 1. The summed E-state index contributed by atoms with van der Waals surface area (Å²) in [5.74, 6) is -0.832. The van der Waals surface area contributed by atoms with Crippen LogP contribution in [-0.2, 0) is 17.6 Å². The van der Waals surface area contributed by atoms with Gasteiger partial charge in [-0.3, -0.25) is 9.78 Å². The second kappa shape index (κ2) is 4.51. The molecule has 1 aromatic rings. The number of carbonyl (C=O) groups is 1. The monoisotopic (exact) mass is 220 g/mol.